The SMILES string of the molecule is O=C(OCCBr)c1ccc(Cc2cccc([N+](=O)[O-])c2)nc1. The van der Waals surface area contributed by atoms with Crippen molar-refractivity contribution in [3.63, 3.8) is 0 Å². The molecule has 0 aliphatic rings. The third-order valence-electron chi connectivity index (χ3n) is 2.88. The fraction of sp³-hybridized carbons (Fsp3) is 0.200. The molecule has 0 unspecified atom stereocenters. The third-order valence-corrected chi connectivity index (χ3v) is 3.20. The Morgan fingerprint density at radius 1 is 1.32 bits per heavy atom. The minimum absolute atomic E-state index is 0.0486. The van der Waals surface area contributed by atoms with Crippen LogP contribution in [0.2, 0.25) is 0 Å². The van der Waals surface area contributed by atoms with Crippen LogP contribution >= 0.6 is 15.9 Å². The maximum atomic E-state index is 11.6. The molecule has 0 bridgehead atoms. The van der Waals surface area contributed by atoms with E-state index in [1.54, 1.807) is 24.3 Å². The van der Waals surface area contributed by atoms with Gasteiger partial charge in [-0.1, -0.05) is 28.1 Å². The maximum Gasteiger partial charge on any atom is 0.339 e. The number of alkyl halides is 1. The largest absolute Gasteiger partial charge is 0.461 e. The molecule has 0 spiro atoms. The van der Waals surface area contributed by atoms with Crippen molar-refractivity contribution in [2.24, 2.45) is 0 Å². The van der Waals surface area contributed by atoms with Crippen LogP contribution in [0, 0.1) is 10.1 Å². The zero-order valence-corrected chi connectivity index (χ0v) is 13.2. The number of nitro groups is 1. The number of carbonyl (C=O) groups excluding carboxylic acids is 1. The summed E-state index contributed by atoms with van der Waals surface area (Å²) in [6.07, 6.45) is 1.90. The normalized spacial score (nSPS) is 10.2. The van der Waals surface area contributed by atoms with Crippen LogP contribution in [0.4, 0.5) is 5.69 Å². The van der Waals surface area contributed by atoms with Gasteiger partial charge < -0.3 is 4.74 Å². The summed E-state index contributed by atoms with van der Waals surface area (Å²) in [5.41, 5.74) is 1.94. The number of benzene rings is 1. The summed E-state index contributed by atoms with van der Waals surface area (Å²) >= 11 is 3.17. The lowest BCUT2D eigenvalue weighted by Gasteiger charge is -2.04. The van der Waals surface area contributed by atoms with Crippen molar-refractivity contribution in [1.29, 1.82) is 0 Å². The number of nitro benzene ring substituents is 1. The number of aromatic nitrogens is 1. The number of rotatable bonds is 6. The molecule has 0 aliphatic heterocycles. The van der Waals surface area contributed by atoms with Crippen molar-refractivity contribution in [3.8, 4) is 0 Å². The highest BCUT2D eigenvalue weighted by Crippen LogP contribution is 2.16. The topological polar surface area (TPSA) is 82.3 Å². The van der Waals surface area contributed by atoms with Crippen LogP contribution in [-0.4, -0.2) is 27.8 Å². The van der Waals surface area contributed by atoms with Gasteiger partial charge in [0.05, 0.1) is 10.5 Å². The van der Waals surface area contributed by atoms with E-state index in [4.69, 9.17) is 4.74 Å². The first-order valence-corrected chi connectivity index (χ1v) is 7.63. The van der Waals surface area contributed by atoms with Gasteiger partial charge in [-0.05, 0) is 17.7 Å². The van der Waals surface area contributed by atoms with E-state index in [1.807, 2.05) is 0 Å². The molecule has 0 saturated heterocycles. The fourth-order valence-electron chi connectivity index (χ4n) is 1.85. The van der Waals surface area contributed by atoms with Crippen LogP contribution in [0.1, 0.15) is 21.6 Å². The highest BCUT2D eigenvalue weighted by Gasteiger charge is 2.09. The molecule has 22 heavy (non-hydrogen) atoms. The molecule has 0 saturated carbocycles. The predicted molar refractivity (Wildman–Crippen MR) is 84.2 cm³/mol. The van der Waals surface area contributed by atoms with Gasteiger partial charge in [-0.3, -0.25) is 15.1 Å². The second kappa shape index (κ2) is 7.65. The number of esters is 1. The van der Waals surface area contributed by atoms with Gasteiger partial charge in [0, 0.05) is 35.8 Å². The Morgan fingerprint density at radius 3 is 2.77 bits per heavy atom. The molecule has 2 aromatic rings. The van der Waals surface area contributed by atoms with E-state index in [-0.39, 0.29) is 5.69 Å². The van der Waals surface area contributed by atoms with E-state index >= 15 is 0 Å². The molecule has 1 aromatic carbocycles. The number of hydrogen-bond acceptors (Lipinski definition) is 5. The number of ether oxygens (including phenoxy) is 1. The zero-order chi connectivity index (χ0) is 15.9. The Balaban J connectivity index is 2.06. The van der Waals surface area contributed by atoms with Crippen LogP contribution in [0.25, 0.3) is 0 Å². The number of pyridine rings is 1. The van der Waals surface area contributed by atoms with Gasteiger partial charge in [-0.2, -0.15) is 0 Å². The summed E-state index contributed by atoms with van der Waals surface area (Å²) in [4.78, 5) is 26.1. The average Bonchev–Trinajstić information content (AvgIpc) is 2.53. The number of halogens is 1. The molecule has 0 atom stereocenters. The molecule has 0 amide bonds. The summed E-state index contributed by atoms with van der Waals surface area (Å²) < 4.78 is 4.98. The average molecular weight is 365 g/mol. The summed E-state index contributed by atoms with van der Waals surface area (Å²) in [5, 5.41) is 11.3. The van der Waals surface area contributed by atoms with Gasteiger partial charge in [0.2, 0.25) is 0 Å². The van der Waals surface area contributed by atoms with Gasteiger partial charge in [-0.15, -0.1) is 0 Å². The Labute approximate surface area is 135 Å². The standard InChI is InChI=1S/C15H13BrN2O4/c16-6-7-22-15(19)12-4-5-13(17-10-12)8-11-2-1-3-14(9-11)18(20)21/h1-5,9-10H,6-8H2. The molecule has 0 aliphatic carbocycles. The first-order chi connectivity index (χ1) is 10.6. The summed E-state index contributed by atoms with van der Waals surface area (Å²) in [7, 11) is 0. The summed E-state index contributed by atoms with van der Waals surface area (Å²) in [5.74, 6) is -0.422. The van der Waals surface area contributed by atoms with Crippen LogP contribution in [0.3, 0.4) is 0 Å². The van der Waals surface area contributed by atoms with Crippen LogP contribution in [0.5, 0.6) is 0 Å². The third kappa shape index (κ3) is 4.36. The van der Waals surface area contributed by atoms with Crippen molar-refractivity contribution < 1.29 is 14.5 Å². The molecular formula is C15H13BrN2O4. The van der Waals surface area contributed by atoms with Crippen LogP contribution in [-0.2, 0) is 11.2 Å². The molecule has 0 fully saturated rings. The lowest BCUT2D eigenvalue weighted by molar-refractivity contribution is -0.384. The minimum Gasteiger partial charge on any atom is -0.461 e. The number of carbonyl (C=O) groups is 1. The number of non-ortho nitro benzene ring substituents is 1. The first kappa shape index (κ1) is 16.1. The fourth-order valence-corrected chi connectivity index (χ4v) is 2.02. The Morgan fingerprint density at radius 2 is 2.14 bits per heavy atom. The van der Waals surface area contributed by atoms with Gasteiger partial charge in [-0.25, -0.2) is 4.79 Å². The maximum absolute atomic E-state index is 11.6. The van der Waals surface area contributed by atoms with Gasteiger partial charge in [0.25, 0.3) is 5.69 Å². The first-order valence-electron chi connectivity index (χ1n) is 6.51. The molecule has 114 valence electrons. The zero-order valence-electron chi connectivity index (χ0n) is 11.6. The van der Waals surface area contributed by atoms with E-state index in [2.05, 4.69) is 20.9 Å². The molecule has 2 rings (SSSR count). The second-order valence-electron chi connectivity index (χ2n) is 4.47. The lowest BCUT2D eigenvalue weighted by atomic mass is 10.1. The van der Waals surface area contributed by atoms with Crippen molar-refractivity contribution in [1.82, 2.24) is 4.98 Å². The highest BCUT2D eigenvalue weighted by molar-refractivity contribution is 9.09. The van der Waals surface area contributed by atoms with Crippen molar-refractivity contribution in [3.05, 3.63) is 69.5 Å². The predicted octanol–water partition coefficient (Wildman–Crippen LogP) is 3.13. The molecule has 0 N–H and O–H groups in total. The molecule has 7 heteroatoms. The van der Waals surface area contributed by atoms with Gasteiger partial charge >= 0.3 is 5.97 Å². The van der Waals surface area contributed by atoms with Crippen molar-refractivity contribution >= 4 is 27.6 Å². The molecule has 0 radical (unpaired) electrons. The lowest BCUT2D eigenvalue weighted by Crippen LogP contribution is -2.07. The molecule has 6 nitrogen and oxygen atoms in total. The molecular weight excluding hydrogens is 352 g/mol. The van der Waals surface area contributed by atoms with E-state index in [0.717, 1.165) is 11.3 Å². The minimum atomic E-state index is -0.431. The van der Waals surface area contributed by atoms with E-state index < -0.39 is 10.9 Å². The molecule has 1 aromatic heterocycles. The second-order valence-corrected chi connectivity index (χ2v) is 5.26. The Hall–Kier alpha value is -2.28. The van der Waals surface area contributed by atoms with Gasteiger partial charge in [0.1, 0.15) is 6.61 Å². The number of hydrogen-bond donors (Lipinski definition) is 0. The van der Waals surface area contributed by atoms with E-state index in [0.29, 0.717) is 23.9 Å². The van der Waals surface area contributed by atoms with E-state index in [1.165, 1.54) is 18.3 Å². The quantitative estimate of drug-likeness (QED) is 0.340. The van der Waals surface area contributed by atoms with Crippen LogP contribution in [0.15, 0.2) is 42.6 Å². The van der Waals surface area contributed by atoms with E-state index in [9.17, 15) is 14.9 Å². The van der Waals surface area contributed by atoms with Crippen molar-refractivity contribution in [2.45, 2.75) is 6.42 Å². The monoisotopic (exact) mass is 364 g/mol. The van der Waals surface area contributed by atoms with Gasteiger partial charge in [0.15, 0.2) is 0 Å². The number of nitrogens with zero attached hydrogens (tertiary/aromatic N) is 2. The molecule has 1 heterocycles. The summed E-state index contributed by atoms with van der Waals surface area (Å²) in [6.45, 7) is 0.300. The highest BCUT2D eigenvalue weighted by atomic mass is 79.9. The Bertz CT molecular complexity index is 673. The smallest absolute Gasteiger partial charge is 0.339 e. The summed E-state index contributed by atoms with van der Waals surface area (Å²) in [6, 6.07) is 9.74. The van der Waals surface area contributed by atoms with Crippen molar-refractivity contribution in [2.75, 3.05) is 11.9 Å². The van der Waals surface area contributed by atoms with Crippen LogP contribution < -0.4 is 0 Å². The Kier molecular flexibility index (Phi) is 5.60.